The molecule has 2 atom stereocenters. The van der Waals surface area contributed by atoms with Crippen LogP contribution in [0.2, 0.25) is 0 Å². The summed E-state index contributed by atoms with van der Waals surface area (Å²) in [5.41, 5.74) is 0.921. The van der Waals surface area contributed by atoms with Gasteiger partial charge in [0, 0.05) is 6.04 Å². The number of aliphatic hydroxyl groups excluding tert-OH is 1. The fourth-order valence-electron chi connectivity index (χ4n) is 1.75. The second-order valence-electron chi connectivity index (χ2n) is 3.75. The Morgan fingerprint density at radius 3 is 2.31 bits per heavy atom. The third-order valence-electron chi connectivity index (χ3n) is 2.72. The quantitative estimate of drug-likeness (QED) is 0.776. The molecule has 1 aromatic carbocycles. The Morgan fingerprint density at radius 2 is 1.88 bits per heavy atom. The minimum atomic E-state index is -0.467. The summed E-state index contributed by atoms with van der Waals surface area (Å²) in [6.07, 6.45) is 0.427. The second-order valence-corrected chi connectivity index (χ2v) is 3.75. The zero-order valence-electron chi connectivity index (χ0n) is 10.2. The molecule has 0 aliphatic rings. The van der Waals surface area contributed by atoms with Gasteiger partial charge in [-0.05, 0) is 38.1 Å². The van der Waals surface area contributed by atoms with Gasteiger partial charge < -0.3 is 15.2 Å². The number of hydrogen-bond acceptors (Lipinski definition) is 3. The molecule has 16 heavy (non-hydrogen) atoms. The van der Waals surface area contributed by atoms with Crippen molar-refractivity contribution in [3.05, 3.63) is 29.8 Å². The maximum atomic E-state index is 10.1. The minimum absolute atomic E-state index is 0.0953. The third-order valence-corrected chi connectivity index (χ3v) is 2.72. The highest BCUT2D eigenvalue weighted by Gasteiger charge is 2.16. The number of ether oxygens (including phenoxy) is 1. The van der Waals surface area contributed by atoms with E-state index in [1.165, 1.54) is 0 Å². The van der Waals surface area contributed by atoms with Crippen LogP contribution in [0.15, 0.2) is 24.3 Å². The van der Waals surface area contributed by atoms with Crippen LogP contribution in [0.5, 0.6) is 5.75 Å². The topological polar surface area (TPSA) is 41.5 Å². The van der Waals surface area contributed by atoms with E-state index < -0.39 is 6.10 Å². The van der Waals surface area contributed by atoms with Crippen LogP contribution in [0.1, 0.15) is 31.9 Å². The van der Waals surface area contributed by atoms with E-state index in [1.807, 2.05) is 38.2 Å². The van der Waals surface area contributed by atoms with Crippen LogP contribution in [-0.2, 0) is 0 Å². The SMILES string of the molecule is CCOc1ccc(C(O)C(CC)NC)cc1. The van der Waals surface area contributed by atoms with Crippen LogP contribution >= 0.6 is 0 Å². The maximum Gasteiger partial charge on any atom is 0.119 e. The highest BCUT2D eigenvalue weighted by Crippen LogP contribution is 2.21. The fraction of sp³-hybridized carbons (Fsp3) is 0.538. The summed E-state index contributed by atoms with van der Waals surface area (Å²) >= 11 is 0. The van der Waals surface area contributed by atoms with Crippen molar-refractivity contribution < 1.29 is 9.84 Å². The van der Waals surface area contributed by atoms with Gasteiger partial charge in [-0.3, -0.25) is 0 Å². The van der Waals surface area contributed by atoms with Crippen LogP contribution in [-0.4, -0.2) is 24.8 Å². The Hall–Kier alpha value is -1.06. The molecule has 0 aliphatic carbocycles. The summed E-state index contributed by atoms with van der Waals surface area (Å²) in [5, 5.41) is 13.2. The molecule has 2 N–H and O–H groups in total. The van der Waals surface area contributed by atoms with Crippen LogP contribution in [0.3, 0.4) is 0 Å². The van der Waals surface area contributed by atoms with Gasteiger partial charge >= 0.3 is 0 Å². The van der Waals surface area contributed by atoms with Gasteiger partial charge in [0.2, 0.25) is 0 Å². The first-order valence-corrected chi connectivity index (χ1v) is 5.81. The Kier molecular flexibility index (Phi) is 5.29. The van der Waals surface area contributed by atoms with Gasteiger partial charge in [0.25, 0.3) is 0 Å². The molecule has 3 heteroatoms. The first-order chi connectivity index (χ1) is 7.72. The molecule has 2 unspecified atom stereocenters. The molecule has 0 fully saturated rings. The van der Waals surface area contributed by atoms with Crippen molar-refractivity contribution in [2.75, 3.05) is 13.7 Å². The van der Waals surface area contributed by atoms with E-state index in [-0.39, 0.29) is 6.04 Å². The van der Waals surface area contributed by atoms with Gasteiger partial charge in [-0.2, -0.15) is 0 Å². The summed E-state index contributed by atoms with van der Waals surface area (Å²) in [7, 11) is 1.87. The number of benzene rings is 1. The van der Waals surface area contributed by atoms with Crippen LogP contribution in [0.4, 0.5) is 0 Å². The van der Waals surface area contributed by atoms with Gasteiger partial charge in [0.1, 0.15) is 5.75 Å². The van der Waals surface area contributed by atoms with Crippen molar-refractivity contribution >= 4 is 0 Å². The Morgan fingerprint density at radius 1 is 1.25 bits per heavy atom. The smallest absolute Gasteiger partial charge is 0.119 e. The molecule has 0 spiro atoms. The van der Waals surface area contributed by atoms with E-state index in [0.717, 1.165) is 17.7 Å². The van der Waals surface area contributed by atoms with Crippen molar-refractivity contribution in [1.29, 1.82) is 0 Å². The molecule has 90 valence electrons. The van der Waals surface area contributed by atoms with Crippen molar-refractivity contribution in [1.82, 2.24) is 5.32 Å². The predicted molar refractivity (Wildman–Crippen MR) is 65.7 cm³/mol. The Balaban J connectivity index is 2.72. The van der Waals surface area contributed by atoms with Crippen LogP contribution in [0.25, 0.3) is 0 Å². The highest BCUT2D eigenvalue weighted by molar-refractivity contribution is 5.29. The van der Waals surface area contributed by atoms with E-state index in [1.54, 1.807) is 0 Å². The molecular weight excluding hydrogens is 202 g/mol. The van der Waals surface area contributed by atoms with E-state index in [2.05, 4.69) is 12.2 Å². The highest BCUT2D eigenvalue weighted by atomic mass is 16.5. The van der Waals surface area contributed by atoms with Crippen LogP contribution < -0.4 is 10.1 Å². The molecule has 0 heterocycles. The fourth-order valence-corrected chi connectivity index (χ4v) is 1.75. The number of hydrogen-bond donors (Lipinski definition) is 2. The lowest BCUT2D eigenvalue weighted by molar-refractivity contribution is 0.130. The zero-order chi connectivity index (χ0) is 12.0. The number of rotatable bonds is 6. The van der Waals surface area contributed by atoms with Gasteiger partial charge in [-0.15, -0.1) is 0 Å². The van der Waals surface area contributed by atoms with Crippen molar-refractivity contribution in [3.8, 4) is 5.75 Å². The lowest BCUT2D eigenvalue weighted by atomic mass is 10.0. The molecule has 0 radical (unpaired) electrons. The summed E-state index contributed by atoms with van der Waals surface area (Å²) in [6.45, 7) is 4.67. The molecule has 0 aromatic heterocycles. The third kappa shape index (κ3) is 3.22. The van der Waals surface area contributed by atoms with E-state index >= 15 is 0 Å². The molecule has 3 nitrogen and oxygen atoms in total. The number of aliphatic hydroxyl groups is 1. The molecule has 0 aliphatic heterocycles. The van der Waals surface area contributed by atoms with E-state index in [9.17, 15) is 5.11 Å². The van der Waals surface area contributed by atoms with Crippen LogP contribution in [0, 0.1) is 0 Å². The van der Waals surface area contributed by atoms with Gasteiger partial charge in [-0.25, -0.2) is 0 Å². The predicted octanol–water partition coefficient (Wildman–Crippen LogP) is 2.12. The first-order valence-electron chi connectivity index (χ1n) is 5.81. The Labute approximate surface area is 97.4 Å². The van der Waals surface area contributed by atoms with Crippen molar-refractivity contribution in [2.45, 2.75) is 32.4 Å². The minimum Gasteiger partial charge on any atom is -0.494 e. The average Bonchev–Trinajstić information content (AvgIpc) is 2.32. The molecule has 0 bridgehead atoms. The molecule has 0 saturated carbocycles. The summed E-state index contributed by atoms with van der Waals surface area (Å²) in [5.74, 6) is 0.843. The van der Waals surface area contributed by atoms with Crippen molar-refractivity contribution in [2.24, 2.45) is 0 Å². The van der Waals surface area contributed by atoms with Gasteiger partial charge in [0.15, 0.2) is 0 Å². The lowest BCUT2D eigenvalue weighted by Gasteiger charge is -2.21. The summed E-state index contributed by atoms with van der Waals surface area (Å²) in [6, 6.07) is 7.71. The molecule has 1 aromatic rings. The maximum absolute atomic E-state index is 10.1. The average molecular weight is 223 g/mol. The summed E-state index contributed by atoms with van der Waals surface area (Å²) < 4.78 is 5.36. The molecular formula is C13H21NO2. The first kappa shape index (κ1) is 13.0. The number of nitrogens with one attached hydrogen (secondary N) is 1. The number of likely N-dealkylation sites (N-methyl/N-ethyl adjacent to an activating group) is 1. The van der Waals surface area contributed by atoms with Gasteiger partial charge in [-0.1, -0.05) is 19.1 Å². The van der Waals surface area contributed by atoms with E-state index in [4.69, 9.17) is 4.74 Å². The second kappa shape index (κ2) is 6.51. The Bertz CT molecular complexity index is 293. The largest absolute Gasteiger partial charge is 0.494 e. The normalized spacial score (nSPS) is 14.5. The molecule has 0 saturated heterocycles. The van der Waals surface area contributed by atoms with Gasteiger partial charge in [0.05, 0.1) is 12.7 Å². The standard InChI is InChI=1S/C13H21NO2/c1-4-12(14-3)13(15)10-6-8-11(9-7-10)16-5-2/h6-9,12-15H,4-5H2,1-3H3. The molecule has 1 rings (SSSR count). The summed E-state index contributed by atoms with van der Waals surface area (Å²) in [4.78, 5) is 0. The molecule has 0 amide bonds. The van der Waals surface area contributed by atoms with E-state index in [0.29, 0.717) is 6.61 Å². The monoisotopic (exact) mass is 223 g/mol. The van der Waals surface area contributed by atoms with Crippen molar-refractivity contribution in [3.63, 3.8) is 0 Å². The lowest BCUT2D eigenvalue weighted by Crippen LogP contribution is -2.31. The zero-order valence-corrected chi connectivity index (χ0v) is 10.2.